The van der Waals surface area contributed by atoms with Crippen molar-refractivity contribution < 1.29 is 4.79 Å². The Morgan fingerprint density at radius 2 is 1.54 bits per heavy atom. The molecule has 5 heteroatoms. The highest BCUT2D eigenvalue weighted by atomic mass is 35.5. The standard InChI is InChI=1S/C30H34Cl2N2O/c31-28-12-11-26(21-29(28)32)27(22-33-30(35)20-24-9-5-2-6-10-24)15-18-34-16-13-25(14-17-34)19-23-7-3-1-4-8-23/h1-12,21,25,27H,13-20,22H2,(H,33,35). The highest BCUT2D eigenvalue weighted by molar-refractivity contribution is 6.42. The molecule has 0 bridgehead atoms. The Balaban J connectivity index is 1.30. The number of nitrogens with zero attached hydrogens (tertiary/aromatic N) is 1. The van der Waals surface area contributed by atoms with Gasteiger partial charge in [-0.2, -0.15) is 0 Å². The zero-order valence-electron chi connectivity index (χ0n) is 20.1. The molecule has 3 aromatic carbocycles. The van der Waals surface area contributed by atoms with Gasteiger partial charge in [-0.3, -0.25) is 4.79 Å². The minimum absolute atomic E-state index is 0.0444. The number of hydrogen-bond donors (Lipinski definition) is 1. The van der Waals surface area contributed by atoms with Crippen molar-refractivity contribution in [2.75, 3.05) is 26.2 Å². The van der Waals surface area contributed by atoms with Gasteiger partial charge in [0.1, 0.15) is 0 Å². The van der Waals surface area contributed by atoms with Crippen molar-refractivity contribution in [1.82, 2.24) is 10.2 Å². The Morgan fingerprint density at radius 1 is 0.886 bits per heavy atom. The largest absolute Gasteiger partial charge is 0.355 e. The number of rotatable bonds is 10. The van der Waals surface area contributed by atoms with Crippen LogP contribution in [0.2, 0.25) is 10.0 Å². The lowest BCUT2D eigenvalue weighted by Gasteiger charge is -2.33. The molecule has 0 aromatic heterocycles. The summed E-state index contributed by atoms with van der Waals surface area (Å²) < 4.78 is 0. The number of piperidine rings is 1. The van der Waals surface area contributed by atoms with E-state index in [1.807, 2.05) is 48.5 Å². The van der Waals surface area contributed by atoms with Gasteiger partial charge in [-0.25, -0.2) is 0 Å². The fourth-order valence-corrected chi connectivity index (χ4v) is 5.24. The van der Waals surface area contributed by atoms with E-state index in [-0.39, 0.29) is 11.8 Å². The summed E-state index contributed by atoms with van der Waals surface area (Å²) in [6, 6.07) is 26.5. The number of likely N-dealkylation sites (tertiary alicyclic amines) is 1. The number of nitrogens with one attached hydrogen (secondary N) is 1. The lowest BCUT2D eigenvalue weighted by molar-refractivity contribution is -0.120. The third kappa shape index (κ3) is 8.10. The third-order valence-electron chi connectivity index (χ3n) is 7.04. The summed E-state index contributed by atoms with van der Waals surface area (Å²) in [6.07, 6.45) is 5.01. The molecular formula is C30H34Cl2N2O. The lowest BCUT2D eigenvalue weighted by Crippen LogP contribution is -2.36. The molecule has 1 atom stereocenters. The Kier molecular flexibility index (Phi) is 9.65. The first kappa shape index (κ1) is 25.8. The van der Waals surface area contributed by atoms with Crippen LogP contribution < -0.4 is 5.32 Å². The van der Waals surface area contributed by atoms with Gasteiger partial charge in [-0.15, -0.1) is 0 Å². The second-order valence-corrected chi connectivity index (χ2v) is 10.4. The van der Waals surface area contributed by atoms with Crippen LogP contribution in [0.3, 0.4) is 0 Å². The molecule has 1 aliphatic rings. The van der Waals surface area contributed by atoms with E-state index < -0.39 is 0 Å². The van der Waals surface area contributed by atoms with Crippen LogP contribution >= 0.6 is 23.2 Å². The highest BCUT2D eigenvalue weighted by Crippen LogP contribution is 2.29. The maximum Gasteiger partial charge on any atom is 0.224 e. The molecule has 0 aliphatic carbocycles. The maximum absolute atomic E-state index is 12.6. The minimum atomic E-state index is 0.0444. The van der Waals surface area contributed by atoms with Gasteiger partial charge in [0.2, 0.25) is 5.91 Å². The summed E-state index contributed by atoms with van der Waals surface area (Å²) in [5.41, 5.74) is 3.59. The Labute approximate surface area is 219 Å². The van der Waals surface area contributed by atoms with Crippen molar-refractivity contribution >= 4 is 29.1 Å². The van der Waals surface area contributed by atoms with Crippen LogP contribution in [0.5, 0.6) is 0 Å². The molecule has 1 aliphatic heterocycles. The van der Waals surface area contributed by atoms with E-state index in [1.165, 1.54) is 24.8 Å². The predicted octanol–water partition coefficient (Wildman–Crippen LogP) is 6.78. The molecule has 0 saturated carbocycles. The molecule has 1 N–H and O–H groups in total. The highest BCUT2D eigenvalue weighted by Gasteiger charge is 2.21. The van der Waals surface area contributed by atoms with E-state index in [1.54, 1.807) is 0 Å². The summed E-state index contributed by atoms with van der Waals surface area (Å²) in [6.45, 7) is 3.86. The molecule has 4 rings (SSSR count). The van der Waals surface area contributed by atoms with E-state index in [0.29, 0.717) is 23.0 Å². The molecule has 1 unspecified atom stereocenters. The van der Waals surface area contributed by atoms with Crippen molar-refractivity contribution in [2.45, 2.75) is 38.0 Å². The Hall–Kier alpha value is -2.33. The Morgan fingerprint density at radius 3 is 2.20 bits per heavy atom. The van der Waals surface area contributed by atoms with Crippen LogP contribution in [0.15, 0.2) is 78.9 Å². The van der Waals surface area contributed by atoms with Crippen LogP contribution in [0.25, 0.3) is 0 Å². The van der Waals surface area contributed by atoms with E-state index in [9.17, 15) is 4.79 Å². The van der Waals surface area contributed by atoms with Gasteiger partial charge >= 0.3 is 0 Å². The Bertz CT molecular complexity index is 1070. The molecule has 35 heavy (non-hydrogen) atoms. The van der Waals surface area contributed by atoms with E-state index in [2.05, 4.69) is 40.5 Å². The summed E-state index contributed by atoms with van der Waals surface area (Å²) in [5, 5.41) is 4.27. The van der Waals surface area contributed by atoms with Crippen LogP contribution in [0.4, 0.5) is 0 Å². The first-order valence-corrected chi connectivity index (χ1v) is 13.3. The number of carbonyl (C=O) groups excluding carboxylic acids is 1. The van der Waals surface area contributed by atoms with Gasteiger partial charge in [0, 0.05) is 12.5 Å². The summed E-state index contributed by atoms with van der Waals surface area (Å²) >= 11 is 12.5. The third-order valence-corrected chi connectivity index (χ3v) is 7.78. The number of benzene rings is 3. The quantitative estimate of drug-likeness (QED) is 0.327. The minimum Gasteiger partial charge on any atom is -0.355 e. The number of halogens is 2. The average molecular weight is 510 g/mol. The van der Waals surface area contributed by atoms with Crippen molar-refractivity contribution in [3.05, 3.63) is 106 Å². The number of hydrogen-bond acceptors (Lipinski definition) is 2. The van der Waals surface area contributed by atoms with E-state index in [0.717, 1.165) is 43.1 Å². The first-order valence-electron chi connectivity index (χ1n) is 12.6. The fourth-order valence-electron chi connectivity index (χ4n) is 4.93. The number of amides is 1. The van der Waals surface area contributed by atoms with Crippen molar-refractivity contribution in [2.24, 2.45) is 5.92 Å². The first-order chi connectivity index (χ1) is 17.1. The predicted molar refractivity (Wildman–Crippen MR) is 146 cm³/mol. The van der Waals surface area contributed by atoms with Gasteiger partial charge in [-0.1, -0.05) is 89.9 Å². The van der Waals surface area contributed by atoms with Crippen LogP contribution in [-0.4, -0.2) is 37.0 Å². The molecule has 3 aromatic rings. The molecular weight excluding hydrogens is 475 g/mol. The molecule has 1 heterocycles. The zero-order valence-corrected chi connectivity index (χ0v) is 21.6. The van der Waals surface area contributed by atoms with Gasteiger partial charge in [0.15, 0.2) is 0 Å². The van der Waals surface area contributed by atoms with Crippen molar-refractivity contribution in [3.63, 3.8) is 0 Å². The van der Waals surface area contributed by atoms with Gasteiger partial charge in [0.05, 0.1) is 16.5 Å². The molecule has 1 fully saturated rings. The fraction of sp³-hybridized carbons (Fsp3) is 0.367. The van der Waals surface area contributed by atoms with Gasteiger partial charge in [-0.05, 0) is 80.1 Å². The number of carbonyl (C=O) groups is 1. The van der Waals surface area contributed by atoms with E-state index in [4.69, 9.17) is 23.2 Å². The monoisotopic (exact) mass is 508 g/mol. The van der Waals surface area contributed by atoms with Gasteiger partial charge in [0.25, 0.3) is 0 Å². The van der Waals surface area contributed by atoms with Crippen LogP contribution in [0, 0.1) is 5.92 Å². The normalized spacial score (nSPS) is 15.6. The average Bonchev–Trinajstić information content (AvgIpc) is 2.88. The van der Waals surface area contributed by atoms with E-state index >= 15 is 0 Å². The summed E-state index contributed by atoms with van der Waals surface area (Å²) in [7, 11) is 0. The molecule has 184 valence electrons. The maximum atomic E-state index is 12.6. The molecule has 3 nitrogen and oxygen atoms in total. The zero-order chi connectivity index (χ0) is 24.5. The lowest BCUT2D eigenvalue weighted by atomic mass is 9.89. The van der Waals surface area contributed by atoms with Crippen LogP contribution in [0.1, 0.15) is 41.9 Å². The molecule has 0 spiro atoms. The summed E-state index contributed by atoms with van der Waals surface area (Å²) in [5.74, 6) is 0.992. The van der Waals surface area contributed by atoms with Crippen molar-refractivity contribution in [1.29, 1.82) is 0 Å². The van der Waals surface area contributed by atoms with Crippen LogP contribution in [-0.2, 0) is 17.6 Å². The molecule has 1 amide bonds. The topological polar surface area (TPSA) is 32.3 Å². The smallest absolute Gasteiger partial charge is 0.224 e. The second kappa shape index (κ2) is 13.1. The van der Waals surface area contributed by atoms with Gasteiger partial charge < -0.3 is 10.2 Å². The van der Waals surface area contributed by atoms with Crippen molar-refractivity contribution in [3.8, 4) is 0 Å². The second-order valence-electron chi connectivity index (χ2n) is 9.60. The molecule has 1 saturated heterocycles. The molecule has 0 radical (unpaired) electrons. The summed E-state index contributed by atoms with van der Waals surface area (Å²) in [4.78, 5) is 15.2. The SMILES string of the molecule is O=C(Cc1ccccc1)NCC(CCN1CCC(Cc2ccccc2)CC1)c1ccc(Cl)c(Cl)c1.